The molecule has 27 heavy (non-hydrogen) atoms. The van der Waals surface area contributed by atoms with Crippen LogP contribution in [-0.4, -0.2) is 17.4 Å². The molecule has 0 saturated heterocycles. The summed E-state index contributed by atoms with van der Waals surface area (Å²) >= 11 is 0. The Kier molecular flexibility index (Phi) is 5.96. The lowest BCUT2D eigenvalue weighted by Crippen LogP contribution is -2.36. The normalized spacial score (nSPS) is 11.4. The summed E-state index contributed by atoms with van der Waals surface area (Å²) in [6.07, 6.45) is 0.624. The van der Waals surface area contributed by atoms with Crippen molar-refractivity contribution < 1.29 is 9.18 Å². The molecule has 3 rings (SSSR count). The van der Waals surface area contributed by atoms with Crippen molar-refractivity contribution in [3.63, 3.8) is 0 Å². The fourth-order valence-electron chi connectivity index (χ4n) is 2.96. The highest BCUT2D eigenvalue weighted by molar-refractivity contribution is 5.94. The van der Waals surface area contributed by atoms with E-state index in [4.69, 9.17) is 0 Å². The molecule has 0 heterocycles. The molecule has 134 valence electrons. The Morgan fingerprint density at radius 2 is 1.52 bits per heavy atom. The molecule has 1 unspecified atom stereocenters. The predicted molar refractivity (Wildman–Crippen MR) is 102 cm³/mol. The molecule has 0 aromatic heterocycles. The lowest BCUT2D eigenvalue weighted by atomic mass is 10.0. The van der Waals surface area contributed by atoms with Gasteiger partial charge in [0.2, 0.25) is 0 Å². The standard InChI is InChI=1S/C23H19FN2O/c24-21-13-11-19(12-14-21)22(17-25)26(16-15-18-7-3-1-4-8-18)23(27)20-9-5-2-6-10-20/h1-14,22H,15-16H2. The number of amides is 1. The topological polar surface area (TPSA) is 44.1 Å². The first-order valence-electron chi connectivity index (χ1n) is 8.74. The van der Waals surface area contributed by atoms with Gasteiger partial charge in [-0.3, -0.25) is 4.79 Å². The highest BCUT2D eigenvalue weighted by Crippen LogP contribution is 2.23. The molecule has 3 aromatic carbocycles. The van der Waals surface area contributed by atoms with E-state index < -0.39 is 6.04 Å². The Balaban J connectivity index is 1.91. The van der Waals surface area contributed by atoms with Gasteiger partial charge < -0.3 is 4.90 Å². The summed E-state index contributed by atoms with van der Waals surface area (Å²) in [6, 6.07) is 25.8. The van der Waals surface area contributed by atoms with Gasteiger partial charge in [0.25, 0.3) is 5.91 Å². The summed E-state index contributed by atoms with van der Waals surface area (Å²) in [7, 11) is 0. The van der Waals surface area contributed by atoms with E-state index in [1.165, 1.54) is 12.1 Å². The maximum Gasteiger partial charge on any atom is 0.255 e. The van der Waals surface area contributed by atoms with Gasteiger partial charge >= 0.3 is 0 Å². The number of nitriles is 1. The van der Waals surface area contributed by atoms with Gasteiger partial charge in [-0.25, -0.2) is 4.39 Å². The van der Waals surface area contributed by atoms with Crippen molar-refractivity contribution in [3.05, 3.63) is 107 Å². The molecule has 3 nitrogen and oxygen atoms in total. The number of carbonyl (C=O) groups excluding carboxylic acids is 1. The van der Waals surface area contributed by atoms with E-state index in [0.29, 0.717) is 24.1 Å². The Morgan fingerprint density at radius 1 is 0.926 bits per heavy atom. The zero-order valence-corrected chi connectivity index (χ0v) is 14.8. The molecule has 0 radical (unpaired) electrons. The van der Waals surface area contributed by atoms with Gasteiger partial charge in [-0.2, -0.15) is 5.26 Å². The van der Waals surface area contributed by atoms with E-state index in [0.717, 1.165) is 5.56 Å². The van der Waals surface area contributed by atoms with Gasteiger partial charge in [0.1, 0.15) is 11.9 Å². The van der Waals surface area contributed by atoms with E-state index >= 15 is 0 Å². The van der Waals surface area contributed by atoms with E-state index in [9.17, 15) is 14.4 Å². The number of benzene rings is 3. The van der Waals surface area contributed by atoms with Gasteiger partial charge in [-0.05, 0) is 41.8 Å². The lowest BCUT2D eigenvalue weighted by Gasteiger charge is -2.28. The van der Waals surface area contributed by atoms with Crippen molar-refractivity contribution in [3.8, 4) is 6.07 Å². The maximum atomic E-state index is 13.3. The van der Waals surface area contributed by atoms with Crippen LogP contribution in [0, 0.1) is 17.1 Å². The molecule has 3 aromatic rings. The Labute approximate surface area is 158 Å². The molecular formula is C23H19FN2O. The second-order valence-electron chi connectivity index (χ2n) is 6.18. The number of halogens is 1. The fourth-order valence-corrected chi connectivity index (χ4v) is 2.96. The van der Waals surface area contributed by atoms with E-state index in [1.54, 1.807) is 41.3 Å². The largest absolute Gasteiger partial charge is 0.318 e. The molecule has 0 fully saturated rings. The molecule has 1 atom stereocenters. The second-order valence-corrected chi connectivity index (χ2v) is 6.18. The zero-order valence-electron chi connectivity index (χ0n) is 14.8. The molecule has 1 amide bonds. The van der Waals surface area contributed by atoms with Crippen molar-refractivity contribution in [2.45, 2.75) is 12.5 Å². The quantitative estimate of drug-likeness (QED) is 0.637. The van der Waals surface area contributed by atoms with Crippen LogP contribution in [-0.2, 0) is 6.42 Å². The van der Waals surface area contributed by atoms with Crippen LogP contribution in [0.3, 0.4) is 0 Å². The van der Waals surface area contributed by atoms with E-state index in [-0.39, 0.29) is 11.7 Å². The number of hydrogen-bond donors (Lipinski definition) is 0. The number of rotatable bonds is 6. The van der Waals surface area contributed by atoms with Crippen LogP contribution in [0.15, 0.2) is 84.9 Å². The molecule has 0 N–H and O–H groups in total. The molecular weight excluding hydrogens is 339 g/mol. The summed E-state index contributed by atoms with van der Waals surface area (Å²) in [5.74, 6) is -0.594. The van der Waals surface area contributed by atoms with Crippen LogP contribution in [0.5, 0.6) is 0 Å². The van der Waals surface area contributed by atoms with Gasteiger partial charge in [0.05, 0.1) is 6.07 Å². The number of hydrogen-bond acceptors (Lipinski definition) is 2. The van der Waals surface area contributed by atoms with Crippen LogP contribution < -0.4 is 0 Å². The summed E-state index contributed by atoms with van der Waals surface area (Å²) in [5.41, 5.74) is 2.20. The number of nitrogens with zero attached hydrogens (tertiary/aromatic N) is 2. The first-order valence-corrected chi connectivity index (χ1v) is 8.74. The van der Waals surface area contributed by atoms with Crippen LogP contribution in [0.2, 0.25) is 0 Å². The minimum absolute atomic E-state index is 0.220. The third-order valence-electron chi connectivity index (χ3n) is 4.39. The molecule has 0 spiro atoms. The highest BCUT2D eigenvalue weighted by atomic mass is 19.1. The molecule has 4 heteroatoms. The monoisotopic (exact) mass is 358 g/mol. The van der Waals surface area contributed by atoms with Gasteiger partial charge in [-0.15, -0.1) is 0 Å². The van der Waals surface area contributed by atoms with Crippen LogP contribution >= 0.6 is 0 Å². The van der Waals surface area contributed by atoms with Crippen molar-refractivity contribution in [2.75, 3.05) is 6.54 Å². The highest BCUT2D eigenvalue weighted by Gasteiger charge is 2.26. The second kappa shape index (κ2) is 8.77. The fraction of sp³-hybridized carbons (Fsp3) is 0.130. The molecule has 0 aliphatic rings. The summed E-state index contributed by atoms with van der Waals surface area (Å²) in [5, 5.41) is 9.77. The lowest BCUT2D eigenvalue weighted by molar-refractivity contribution is 0.0718. The summed E-state index contributed by atoms with van der Waals surface area (Å²) in [6.45, 7) is 0.382. The molecule has 0 saturated carbocycles. The van der Waals surface area contributed by atoms with E-state index in [1.807, 2.05) is 36.4 Å². The third-order valence-corrected chi connectivity index (χ3v) is 4.39. The zero-order chi connectivity index (χ0) is 19.1. The van der Waals surface area contributed by atoms with Crippen molar-refractivity contribution in [1.29, 1.82) is 5.26 Å². The van der Waals surface area contributed by atoms with Gasteiger partial charge in [0, 0.05) is 12.1 Å². The molecule has 0 aliphatic heterocycles. The molecule has 0 aliphatic carbocycles. The average Bonchev–Trinajstić information content (AvgIpc) is 2.73. The predicted octanol–water partition coefficient (Wildman–Crippen LogP) is 4.78. The Bertz CT molecular complexity index is 918. The summed E-state index contributed by atoms with van der Waals surface area (Å²) < 4.78 is 13.3. The van der Waals surface area contributed by atoms with Crippen LogP contribution in [0.4, 0.5) is 4.39 Å². The first kappa shape index (κ1) is 18.3. The SMILES string of the molecule is N#CC(c1ccc(F)cc1)N(CCc1ccccc1)C(=O)c1ccccc1. The number of carbonyl (C=O) groups is 1. The van der Waals surface area contributed by atoms with Gasteiger partial charge in [0.15, 0.2) is 0 Å². The van der Waals surface area contributed by atoms with Gasteiger partial charge in [-0.1, -0.05) is 60.7 Å². The van der Waals surface area contributed by atoms with E-state index in [2.05, 4.69) is 6.07 Å². The minimum atomic E-state index is -0.790. The smallest absolute Gasteiger partial charge is 0.255 e. The maximum absolute atomic E-state index is 13.3. The average molecular weight is 358 g/mol. The Morgan fingerprint density at radius 3 is 2.11 bits per heavy atom. The minimum Gasteiger partial charge on any atom is -0.318 e. The van der Waals surface area contributed by atoms with Crippen molar-refractivity contribution in [1.82, 2.24) is 4.90 Å². The van der Waals surface area contributed by atoms with Crippen molar-refractivity contribution >= 4 is 5.91 Å². The summed E-state index contributed by atoms with van der Waals surface area (Å²) in [4.78, 5) is 14.7. The third kappa shape index (κ3) is 4.59. The molecule has 0 bridgehead atoms. The van der Waals surface area contributed by atoms with Crippen LogP contribution in [0.25, 0.3) is 0 Å². The Hall–Kier alpha value is -3.45. The van der Waals surface area contributed by atoms with Crippen molar-refractivity contribution in [2.24, 2.45) is 0 Å². The van der Waals surface area contributed by atoms with Crippen LogP contribution in [0.1, 0.15) is 27.5 Å². The first-order chi connectivity index (χ1) is 13.2.